The molecule has 3 aromatic rings. The van der Waals surface area contributed by atoms with Crippen LogP contribution < -0.4 is 10.1 Å². The Morgan fingerprint density at radius 2 is 1.50 bits per heavy atom. The largest absolute Gasteiger partial charge is 0.573 e. The molecule has 0 aromatic heterocycles. The number of alkyl halides is 3. The van der Waals surface area contributed by atoms with Crippen molar-refractivity contribution in [2.24, 2.45) is 0 Å². The van der Waals surface area contributed by atoms with Crippen molar-refractivity contribution in [3.05, 3.63) is 88.9 Å². The van der Waals surface area contributed by atoms with Crippen LogP contribution in [0.4, 0.5) is 13.2 Å². The topological polar surface area (TPSA) is 24.5 Å². The van der Waals surface area contributed by atoms with Crippen LogP contribution in [0.5, 0.6) is 5.75 Å². The molecule has 1 heterocycles. The van der Waals surface area contributed by atoms with Crippen LogP contribution in [0.2, 0.25) is 5.02 Å². The van der Waals surface area contributed by atoms with E-state index < -0.39 is 6.36 Å². The average Bonchev–Trinajstić information content (AvgIpc) is 2.78. The van der Waals surface area contributed by atoms with Crippen molar-refractivity contribution in [3.8, 4) is 5.75 Å². The molecule has 1 saturated heterocycles. The van der Waals surface area contributed by atoms with Crippen molar-refractivity contribution in [2.45, 2.75) is 22.2 Å². The summed E-state index contributed by atoms with van der Waals surface area (Å²) in [6.45, 7) is 3.40. The molecular formula is C24H24Cl3F3N2OS. The molecule has 1 N–H and O–H groups in total. The zero-order valence-corrected chi connectivity index (χ0v) is 21.1. The van der Waals surface area contributed by atoms with Crippen molar-refractivity contribution in [3.63, 3.8) is 0 Å². The molecule has 0 saturated carbocycles. The summed E-state index contributed by atoms with van der Waals surface area (Å²) in [4.78, 5) is 4.51. The summed E-state index contributed by atoms with van der Waals surface area (Å²) in [5.41, 5.74) is 2.03. The quantitative estimate of drug-likeness (QED) is 0.349. The van der Waals surface area contributed by atoms with E-state index in [-0.39, 0.29) is 36.6 Å². The van der Waals surface area contributed by atoms with Crippen molar-refractivity contribution < 1.29 is 17.9 Å². The van der Waals surface area contributed by atoms with Crippen LogP contribution in [0.15, 0.2) is 82.6 Å². The fourth-order valence-corrected chi connectivity index (χ4v) is 4.90. The third-order valence-corrected chi connectivity index (χ3v) is 6.55. The van der Waals surface area contributed by atoms with Gasteiger partial charge in [0, 0.05) is 41.0 Å². The minimum Gasteiger partial charge on any atom is -0.406 e. The lowest BCUT2D eigenvalue weighted by Gasteiger charge is -2.36. The molecule has 0 radical (unpaired) electrons. The second-order valence-electron chi connectivity index (χ2n) is 7.40. The summed E-state index contributed by atoms with van der Waals surface area (Å²) >= 11 is 7.67. The highest BCUT2D eigenvalue weighted by molar-refractivity contribution is 7.99. The molecule has 3 nitrogen and oxygen atoms in total. The molecule has 4 rings (SSSR count). The van der Waals surface area contributed by atoms with Gasteiger partial charge in [-0.3, -0.25) is 4.90 Å². The van der Waals surface area contributed by atoms with Crippen LogP contribution in [0.1, 0.15) is 17.2 Å². The Morgan fingerprint density at radius 3 is 2.12 bits per heavy atom. The number of hydrogen-bond acceptors (Lipinski definition) is 4. The minimum atomic E-state index is -4.71. The molecule has 0 amide bonds. The summed E-state index contributed by atoms with van der Waals surface area (Å²) in [6, 6.07) is 22.0. The lowest BCUT2D eigenvalue weighted by Crippen LogP contribution is -2.45. The maximum atomic E-state index is 12.6. The van der Waals surface area contributed by atoms with E-state index >= 15 is 0 Å². The van der Waals surface area contributed by atoms with Gasteiger partial charge in [-0.15, -0.1) is 38.0 Å². The van der Waals surface area contributed by atoms with Gasteiger partial charge in [-0.25, -0.2) is 0 Å². The zero-order chi connectivity index (χ0) is 22.6. The lowest BCUT2D eigenvalue weighted by molar-refractivity contribution is -0.274. The van der Waals surface area contributed by atoms with Crippen molar-refractivity contribution >= 4 is 48.2 Å². The van der Waals surface area contributed by atoms with E-state index in [1.165, 1.54) is 12.1 Å². The van der Waals surface area contributed by atoms with Crippen LogP contribution in [0.25, 0.3) is 0 Å². The minimum absolute atomic E-state index is 0. The van der Waals surface area contributed by atoms with Crippen LogP contribution in [-0.2, 0) is 0 Å². The van der Waals surface area contributed by atoms with E-state index in [0.29, 0.717) is 5.02 Å². The number of benzene rings is 3. The van der Waals surface area contributed by atoms with E-state index in [1.807, 2.05) is 36.4 Å². The first-order valence-corrected chi connectivity index (χ1v) is 11.4. The van der Waals surface area contributed by atoms with Gasteiger partial charge in [-0.2, -0.15) is 0 Å². The van der Waals surface area contributed by atoms with Crippen molar-refractivity contribution in [2.75, 3.05) is 26.2 Å². The molecule has 0 unspecified atom stereocenters. The Morgan fingerprint density at radius 1 is 0.882 bits per heavy atom. The van der Waals surface area contributed by atoms with Crippen LogP contribution in [-0.4, -0.2) is 37.4 Å². The van der Waals surface area contributed by atoms with E-state index in [4.69, 9.17) is 11.6 Å². The van der Waals surface area contributed by atoms with Crippen molar-refractivity contribution in [1.82, 2.24) is 10.2 Å². The lowest BCUT2D eigenvalue weighted by atomic mass is 9.96. The highest BCUT2D eigenvalue weighted by atomic mass is 35.5. The standard InChI is InChI=1S/C24H22ClF3N2OS.2ClH/c25-18-7-11-20(12-8-18)32-22-4-2-1-3-21(22)23(30-15-13-29-14-16-30)17-5-9-19(10-6-17)31-24(26,27)28;;/h1-12,23,29H,13-16H2;2*1H/t23-;;/m1../s1. The maximum absolute atomic E-state index is 12.6. The Hall–Kier alpha value is -1.61. The first-order valence-electron chi connectivity index (χ1n) is 10.2. The van der Waals surface area contributed by atoms with Gasteiger partial charge in [-0.05, 0) is 53.6 Å². The third-order valence-electron chi connectivity index (χ3n) is 5.20. The predicted octanol–water partition coefficient (Wildman–Crippen LogP) is 7.23. The Bertz CT molecular complexity index is 1030. The Labute approximate surface area is 218 Å². The Kier molecular flexibility index (Phi) is 10.9. The monoisotopic (exact) mass is 550 g/mol. The van der Waals surface area contributed by atoms with Gasteiger partial charge < -0.3 is 10.1 Å². The molecule has 184 valence electrons. The molecule has 34 heavy (non-hydrogen) atoms. The fraction of sp³-hybridized carbons (Fsp3) is 0.250. The number of nitrogens with zero attached hydrogens (tertiary/aromatic N) is 1. The van der Waals surface area contributed by atoms with Crippen LogP contribution in [0, 0.1) is 0 Å². The van der Waals surface area contributed by atoms with Gasteiger partial charge in [-0.1, -0.05) is 53.7 Å². The first kappa shape index (κ1) is 28.6. The van der Waals surface area contributed by atoms with Crippen LogP contribution >= 0.6 is 48.2 Å². The van der Waals surface area contributed by atoms with Gasteiger partial charge in [0.1, 0.15) is 5.75 Å². The third kappa shape index (κ3) is 7.70. The normalized spacial score (nSPS) is 15.1. The Balaban J connectivity index is 0.00000204. The smallest absolute Gasteiger partial charge is 0.406 e. The first-order chi connectivity index (χ1) is 15.4. The van der Waals surface area contributed by atoms with E-state index in [0.717, 1.165) is 47.1 Å². The SMILES string of the molecule is Cl.Cl.FC(F)(F)Oc1ccc([C@H](c2ccccc2Sc2ccc(Cl)cc2)N2CCNCC2)cc1. The van der Waals surface area contributed by atoms with Gasteiger partial charge in [0.15, 0.2) is 0 Å². The van der Waals surface area contributed by atoms with E-state index in [9.17, 15) is 13.2 Å². The number of nitrogens with one attached hydrogen (secondary N) is 1. The van der Waals surface area contributed by atoms with E-state index in [1.54, 1.807) is 23.9 Å². The van der Waals surface area contributed by atoms with Gasteiger partial charge in [0.05, 0.1) is 6.04 Å². The highest BCUT2D eigenvalue weighted by Crippen LogP contribution is 2.39. The summed E-state index contributed by atoms with van der Waals surface area (Å²) in [5.74, 6) is -0.218. The summed E-state index contributed by atoms with van der Waals surface area (Å²) < 4.78 is 41.8. The summed E-state index contributed by atoms with van der Waals surface area (Å²) in [7, 11) is 0. The molecule has 1 atom stereocenters. The number of halogens is 6. The van der Waals surface area contributed by atoms with Crippen molar-refractivity contribution in [1.29, 1.82) is 0 Å². The van der Waals surface area contributed by atoms with Crippen LogP contribution in [0.3, 0.4) is 0 Å². The van der Waals surface area contributed by atoms with E-state index in [2.05, 4.69) is 27.1 Å². The number of hydrogen-bond donors (Lipinski definition) is 1. The summed E-state index contributed by atoms with van der Waals surface area (Å²) in [5, 5.41) is 4.05. The molecular weight excluding hydrogens is 528 g/mol. The molecule has 0 spiro atoms. The molecule has 1 aliphatic rings. The number of ether oxygens (including phenoxy) is 1. The molecule has 0 aliphatic carbocycles. The molecule has 3 aromatic carbocycles. The maximum Gasteiger partial charge on any atom is 0.573 e. The zero-order valence-electron chi connectivity index (χ0n) is 17.9. The van der Waals surface area contributed by atoms with Gasteiger partial charge in [0.2, 0.25) is 0 Å². The average molecular weight is 552 g/mol. The molecule has 1 aliphatic heterocycles. The summed E-state index contributed by atoms with van der Waals surface area (Å²) in [6.07, 6.45) is -4.71. The second-order valence-corrected chi connectivity index (χ2v) is 8.95. The highest BCUT2D eigenvalue weighted by Gasteiger charge is 2.31. The molecule has 10 heteroatoms. The molecule has 0 bridgehead atoms. The predicted molar refractivity (Wildman–Crippen MR) is 136 cm³/mol. The number of piperazine rings is 1. The fourth-order valence-electron chi connectivity index (χ4n) is 3.81. The number of rotatable bonds is 6. The molecule has 1 fully saturated rings. The van der Waals surface area contributed by atoms with Gasteiger partial charge in [0.25, 0.3) is 0 Å². The second kappa shape index (κ2) is 12.9. The van der Waals surface area contributed by atoms with Gasteiger partial charge >= 0.3 is 6.36 Å².